The SMILES string of the molecule is CNCC1CCC(C)(C)CC1c1cc(F)ccc1F. The molecule has 1 saturated carbocycles. The van der Waals surface area contributed by atoms with Gasteiger partial charge in [-0.05, 0) is 73.9 Å². The van der Waals surface area contributed by atoms with Gasteiger partial charge in [-0.2, -0.15) is 0 Å². The van der Waals surface area contributed by atoms with Crippen molar-refractivity contribution >= 4 is 0 Å². The van der Waals surface area contributed by atoms with Gasteiger partial charge < -0.3 is 5.32 Å². The number of nitrogens with one attached hydrogen (secondary N) is 1. The first-order valence-corrected chi connectivity index (χ1v) is 7.02. The summed E-state index contributed by atoms with van der Waals surface area (Å²) in [6, 6.07) is 3.83. The molecule has 2 atom stereocenters. The highest BCUT2D eigenvalue weighted by Crippen LogP contribution is 2.47. The molecule has 1 N–H and O–H groups in total. The molecule has 1 aromatic rings. The second-order valence-corrected chi connectivity index (χ2v) is 6.50. The van der Waals surface area contributed by atoms with Crippen molar-refractivity contribution in [3.63, 3.8) is 0 Å². The summed E-state index contributed by atoms with van der Waals surface area (Å²) in [5, 5.41) is 3.18. The predicted octanol–water partition coefficient (Wildman–Crippen LogP) is 4.09. The van der Waals surface area contributed by atoms with Gasteiger partial charge in [0, 0.05) is 0 Å². The van der Waals surface area contributed by atoms with Crippen LogP contribution in [0, 0.1) is 23.0 Å². The van der Waals surface area contributed by atoms with Gasteiger partial charge in [0.1, 0.15) is 11.6 Å². The van der Waals surface area contributed by atoms with Gasteiger partial charge in [-0.15, -0.1) is 0 Å². The molecule has 1 nitrogen and oxygen atoms in total. The number of rotatable bonds is 3. The predicted molar refractivity (Wildman–Crippen MR) is 74.1 cm³/mol. The second kappa shape index (κ2) is 5.58. The van der Waals surface area contributed by atoms with Crippen molar-refractivity contribution in [2.45, 2.75) is 39.0 Å². The van der Waals surface area contributed by atoms with E-state index in [1.165, 1.54) is 18.2 Å². The monoisotopic (exact) mass is 267 g/mol. The molecule has 2 unspecified atom stereocenters. The van der Waals surface area contributed by atoms with Crippen LogP contribution in [0.5, 0.6) is 0 Å². The summed E-state index contributed by atoms with van der Waals surface area (Å²) in [5.74, 6) is -0.130. The van der Waals surface area contributed by atoms with Crippen molar-refractivity contribution in [3.8, 4) is 0 Å². The summed E-state index contributed by atoms with van der Waals surface area (Å²) < 4.78 is 27.5. The summed E-state index contributed by atoms with van der Waals surface area (Å²) in [6.07, 6.45) is 3.13. The Kier molecular flexibility index (Phi) is 4.24. The van der Waals surface area contributed by atoms with Crippen molar-refractivity contribution in [2.75, 3.05) is 13.6 Å². The average Bonchev–Trinajstić information content (AvgIpc) is 2.34. The van der Waals surface area contributed by atoms with Gasteiger partial charge in [0.2, 0.25) is 0 Å². The van der Waals surface area contributed by atoms with Gasteiger partial charge in [0.15, 0.2) is 0 Å². The van der Waals surface area contributed by atoms with Gasteiger partial charge in [-0.3, -0.25) is 0 Å². The van der Waals surface area contributed by atoms with E-state index in [1.807, 2.05) is 7.05 Å². The molecule has 1 aliphatic carbocycles. The first-order valence-electron chi connectivity index (χ1n) is 7.02. The molecule has 0 bridgehead atoms. The van der Waals surface area contributed by atoms with E-state index in [0.29, 0.717) is 11.5 Å². The molecule has 1 aliphatic rings. The second-order valence-electron chi connectivity index (χ2n) is 6.50. The van der Waals surface area contributed by atoms with Gasteiger partial charge in [-0.1, -0.05) is 13.8 Å². The fourth-order valence-electron chi connectivity index (χ4n) is 3.31. The van der Waals surface area contributed by atoms with E-state index < -0.39 is 0 Å². The topological polar surface area (TPSA) is 12.0 Å². The van der Waals surface area contributed by atoms with Crippen LogP contribution in [0.3, 0.4) is 0 Å². The Labute approximate surface area is 114 Å². The molecule has 0 aromatic heterocycles. The Balaban J connectivity index is 2.33. The molecule has 19 heavy (non-hydrogen) atoms. The highest BCUT2D eigenvalue weighted by Gasteiger charge is 2.36. The van der Waals surface area contributed by atoms with Crippen LogP contribution >= 0.6 is 0 Å². The zero-order chi connectivity index (χ0) is 14.0. The maximum atomic E-state index is 14.0. The molecule has 0 aliphatic heterocycles. The lowest BCUT2D eigenvalue weighted by Gasteiger charge is -2.41. The molecule has 0 spiro atoms. The number of hydrogen-bond acceptors (Lipinski definition) is 1. The molecule has 1 aromatic carbocycles. The summed E-state index contributed by atoms with van der Waals surface area (Å²) in [6.45, 7) is 5.29. The van der Waals surface area contributed by atoms with Crippen LogP contribution < -0.4 is 5.32 Å². The zero-order valence-electron chi connectivity index (χ0n) is 12.0. The third-order valence-electron chi connectivity index (χ3n) is 4.36. The van der Waals surface area contributed by atoms with Gasteiger partial charge >= 0.3 is 0 Å². The first kappa shape index (κ1) is 14.4. The third-order valence-corrected chi connectivity index (χ3v) is 4.36. The quantitative estimate of drug-likeness (QED) is 0.869. The Bertz CT molecular complexity index is 442. The van der Waals surface area contributed by atoms with E-state index in [1.54, 1.807) is 0 Å². The minimum Gasteiger partial charge on any atom is -0.319 e. The van der Waals surface area contributed by atoms with E-state index in [-0.39, 0.29) is 23.0 Å². The highest BCUT2D eigenvalue weighted by atomic mass is 19.1. The van der Waals surface area contributed by atoms with E-state index in [9.17, 15) is 8.78 Å². The summed E-state index contributed by atoms with van der Waals surface area (Å²) in [4.78, 5) is 0. The van der Waals surface area contributed by atoms with Crippen LogP contribution in [-0.2, 0) is 0 Å². The van der Waals surface area contributed by atoms with Gasteiger partial charge in [0.05, 0.1) is 0 Å². The van der Waals surface area contributed by atoms with E-state index >= 15 is 0 Å². The molecule has 3 heteroatoms. The normalized spacial score (nSPS) is 26.4. The van der Waals surface area contributed by atoms with E-state index in [0.717, 1.165) is 25.8 Å². The van der Waals surface area contributed by atoms with Crippen molar-refractivity contribution in [3.05, 3.63) is 35.4 Å². The lowest BCUT2D eigenvalue weighted by atomic mass is 9.65. The first-order chi connectivity index (χ1) is 8.93. The van der Waals surface area contributed by atoms with Crippen LogP contribution in [0.4, 0.5) is 8.78 Å². The Morgan fingerprint density at radius 2 is 2.05 bits per heavy atom. The van der Waals surface area contributed by atoms with Crippen molar-refractivity contribution in [1.29, 1.82) is 0 Å². The van der Waals surface area contributed by atoms with Crippen molar-refractivity contribution in [2.24, 2.45) is 11.3 Å². The smallest absolute Gasteiger partial charge is 0.126 e. The average molecular weight is 267 g/mol. The van der Waals surface area contributed by atoms with Crippen LogP contribution in [0.2, 0.25) is 0 Å². The minimum atomic E-state index is -0.344. The largest absolute Gasteiger partial charge is 0.319 e. The molecule has 0 saturated heterocycles. The van der Waals surface area contributed by atoms with Crippen LogP contribution in [0.15, 0.2) is 18.2 Å². The Morgan fingerprint density at radius 3 is 2.74 bits per heavy atom. The number of benzene rings is 1. The van der Waals surface area contributed by atoms with Crippen LogP contribution in [-0.4, -0.2) is 13.6 Å². The van der Waals surface area contributed by atoms with Crippen molar-refractivity contribution < 1.29 is 8.78 Å². The molecular weight excluding hydrogens is 244 g/mol. The van der Waals surface area contributed by atoms with Crippen LogP contribution in [0.25, 0.3) is 0 Å². The lowest BCUT2D eigenvalue weighted by molar-refractivity contribution is 0.159. The van der Waals surface area contributed by atoms with Gasteiger partial charge in [0.25, 0.3) is 0 Å². The standard InChI is InChI=1S/C16H23F2N/c1-16(2)7-6-11(10-19-3)14(9-16)13-8-12(17)4-5-15(13)18/h4-5,8,11,14,19H,6-7,9-10H2,1-3H3. The molecule has 1 fully saturated rings. The summed E-state index contributed by atoms with van der Waals surface area (Å²) >= 11 is 0. The maximum Gasteiger partial charge on any atom is 0.126 e. The Hall–Kier alpha value is -0.960. The lowest BCUT2D eigenvalue weighted by Crippen LogP contribution is -2.34. The number of hydrogen-bond donors (Lipinski definition) is 1. The maximum absolute atomic E-state index is 14.0. The molecule has 2 rings (SSSR count). The fraction of sp³-hybridized carbons (Fsp3) is 0.625. The Morgan fingerprint density at radius 1 is 1.32 bits per heavy atom. The molecule has 0 heterocycles. The molecular formula is C16H23F2N. The fourth-order valence-corrected chi connectivity index (χ4v) is 3.31. The molecule has 106 valence electrons. The summed E-state index contributed by atoms with van der Waals surface area (Å²) in [7, 11) is 1.92. The van der Waals surface area contributed by atoms with Gasteiger partial charge in [-0.25, -0.2) is 8.78 Å². The zero-order valence-corrected chi connectivity index (χ0v) is 12.0. The highest BCUT2D eigenvalue weighted by molar-refractivity contribution is 5.25. The van der Waals surface area contributed by atoms with E-state index in [2.05, 4.69) is 19.2 Å². The molecule has 0 amide bonds. The van der Waals surface area contributed by atoms with Crippen LogP contribution in [0.1, 0.15) is 44.6 Å². The molecule has 0 radical (unpaired) electrons. The van der Waals surface area contributed by atoms with E-state index in [4.69, 9.17) is 0 Å². The third kappa shape index (κ3) is 3.33. The summed E-state index contributed by atoms with van der Waals surface area (Å²) in [5.41, 5.74) is 0.751. The number of halogens is 2. The minimum absolute atomic E-state index is 0.104. The van der Waals surface area contributed by atoms with Crippen molar-refractivity contribution in [1.82, 2.24) is 5.32 Å².